The van der Waals surface area contributed by atoms with Gasteiger partial charge in [0, 0.05) is 5.69 Å². The highest BCUT2D eigenvalue weighted by Crippen LogP contribution is 2.42. The van der Waals surface area contributed by atoms with Crippen LogP contribution < -0.4 is 4.90 Å². The Balaban J connectivity index is 2.05. The van der Waals surface area contributed by atoms with Crippen LogP contribution in [0.1, 0.15) is 23.6 Å². The first-order valence-corrected chi connectivity index (χ1v) is 10.3. The van der Waals surface area contributed by atoms with E-state index in [2.05, 4.69) is 0 Å². The summed E-state index contributed by atoms with van der Waals surface area (Å²) >= 11 is 1.25. The second-order valence-electron chi connectivity index (χ2n) is 6.76. The maximum atomic E-state index is 13.3. The van der Waals surface area contributed by atoms with Gasteiger partial charge in [0.15, 0.2) is 5.57 Å². The Morgan fingerprint density at radius 3 is 2.48 bits per heavy atom. The first kappa shape index (κ1) is 20.7. The number of amides is 1. The van der Waals surface area contributed by atoms with Crippen LogP contribution >= 0.6 is 11.8 Å². The van der Waals surface area contributed by atoms with E-state index in [0.717, 1.165) is 16.7 Å². The molecule has 1 amide bonds. The molecule has 2 aromatic carbocycles. The van der Waals surface area contributed by atoms with E-state index in [1.165, 1.54) is 16.7 Å². The van der Waals surface area contributed by atoms with Crippen LogP contribution in [0.5, 0.6) is 0 Å². The number of benzene rings is 2. The number of aryl methyl sites for hydroxylation is 2. The molecule has 1 aliphatic heterocycles. The third-order valence-electron chi connectivity index (χ3n) is 4.72. The number of nitriles is 1. The predicted molar refractivity (Wildman–Crippen MR) is 114 cm³/mol. The number of carbonyl (C=O) groups is 2. The average Bonchev–Trinajstić information content (AvgIpc) is 3.01. The van der Waals surface area contributed by atoms with E-state index in [-0.39, 0.29) is 18.1 Å². The molecule has 0 bridgehead atoms. The molecular formula is C23H22N2O3S. The lowest BCUT2D eigenvalue weighted by Crippen LogP contribution is -2.30. The Labute approximate surface area is 175 Å². The van der Waals surface area contributed by atoms with Crippen LogP contribution in [0.3, 0.4) is 0 Å². The SMILES string of the molecule is CCOC(=O)C(C#N)=C1SC(Cc2ccccc2C)C(=O)N1c1ccc(C)cc1. The van der Waals surface area contributed by atoms with Gasteiger partial charge in [0.05, 0.1) is 11.9 Å². The molecule has 1 unspecified atom stereocenters. The lowest BCUT2D eigenvalue weighted by Gasteiger charge is -2.18. The molecular weight excluding hydrogens is 384 g/mol. The van der Waals surface area contributed by atoms with Crippen molar-refractivity contribution in [2.24, 2.45) is 0 Å². The van der Waals surface area contributed by atoms with Gasteiger partial charge in [-0.05, 0) is 50.5 Å². The molecule has 29 heavy (non-hydrogen) atoms. The van der Waals surface area contributed by atoms with Crippen molar-refractivity contribution in [2.75, 3.05) is 11.5 Å². The summed E-state index contributed by atoms with van der Waals surface area (Å²) in [6.45, 7) is 5.81. The maximum absolute atomic E-state index is 13.3. The predicted octanol–water partition coefficient (Wildman–Crippen LogP) is 4.29. The van der Waals surface area contributed by atoms with Crippen molar-refractivity contribution in [3.05, 3.63) is 75.8 Å². The van der Waals surface area contributed by atoms with Crippen molar-refractivity contribution < 1.29 is 14.3 Å². The number of nitrogens with zero attached hydrogens (tertiary/aromatic N) is 2. The van der Waals surface area contributed by atoms with Crippen LogP contribution in [-0.4, -0.2) is 23.7 Å². The van der Waals surface area contributed by atoms with Gasteiger partial charge in [0.1, 0.15) is 11.1 Å². The maximum Gasteiger partial charge on any atom is 0.351 e. The molecule has 1 atom stereocenters. The minimum atomic E-state index is -0.709. The van der Waals surface area contributed by atoms with Gasteiger partial charge in [0.25, 0.3) is 0 Å². The van der Waals surface area contributed by atoms with Crippen LogP contribution in [-0.2, 0) is 20.7 Å². The zero-order chi connectivity index (χ0) is 21.0. The van der Waals surface area contributed by atoms with Gasteiger partial charge in [-0.25, -0.2) is 4.79 Å². The summed E-state index contributed by atoms with van der Waals surface area (Å²) in [5.41, 5.74) is 3.72. The summed E-state index contributed by atoms with van der Waals surface area (Å²) in [5, 5.41) is 9.54. The van der Waals surface area contributed by atoms with E-state index in [1.807, 2.05) is 68.4 Å². The van der Waals surface area contributed by atoms with E-state index in [9.17, 15) is 14.9 Å². The van der Waals surface area contributed by atoms with E-state index < -0.39 is 11.2 Å². The number of ether oxygens (including phenoxy) is 1. The minimum absolute atomic E-state index is 0.141. The Morgan fingerprint density at radius 1 is 1.17 bits per heavy atom. The van der Waals surface area contributed by atoms with Gasteiger partial charge < -0.3 is 4.74 Å². The molecule has 5 nitrogen and oxygen atoms in total. The van der Waals surface area contributed by atoms with Gasteiger partial charge in [-0.1, -0.05) is 53.7 Å². The Bertz CT molecular complexity index is 1010. The van der Waals surface area contributed by atoms with Crippen molar-refractivity contribution in [3.63, 3.8) is 0 Å². The Kier molecular flexibility index (Phi) is 6.40. The summed E-state index contributed by atoms with van der Waals surface area (Å²) < 4.78 is 5.05. The van der Waals surface area contributed by atoms with E-state index in [4.69, 9.17) is 4.74 Å². The van der Waals surface area contributed by atoms with Gasteiger partial charge >= 0.3 is 5.97 Å². The van der Waals surface area contributed by atoms with Crippen LogP contribution in [0, 0.1) is 25.2 Å². The van der Waals surface area contributed by atoms with Crippen LogP contribution in [0.4, 0.5) is 5.69 Å². The summed E-state index contributed by atoms with van der Waals surface area (Å²) in [7, 11) is 0. The fraction of sp³-hybridized carbons (Fsp3) is 0.261. The number of rotatable bonds is 5. The third-order valence-corrected chi connectivity index (χ3v) is 5.98. The highest BCUT2D eigenvalue weighted by molar-refractivity contribution is 8.05. The molecule has 0 aromatic heterocycles. The van der Waals surface area contributed by atoms with Gasteiger partial charge in [0.2, 0.25) is 5.91 Å². The molecule has 1 fully saturated rings. The molecule has 0 N–H and O–H groups in total. The van der Waals surface area contributed by atoms with Crippen molar-refractivity contribution in [1.29, 1.82) is 5.26 Å². The summed E-state index contributed by atoms with van der Waals surface area (Å²) in [4.78, 5) is 27.2. The molecule has 148 valence electrons. The molecule has 0 spiro atoms. The van der Waals surface area contributed by atoms with Gasteiger partial charge in [-0.15, -0.1) is 0 Å². The quantitative estimate of drug-likeness (QED) is 0.421. The number of anilines is 1. The molecule has 1 saturated heterocycles. The third kappa shape index (κ3) is 4.36. The van der Waals surface area contributed by atoms with Crippen molar-refractivity contribution in [1.82, 2.24) is 0 Å². The molecule has 2 aromatic rings. The highest BCUT2D eigenvalue weighted by Gasteiger charge is 2.41. The van der Waals surface area contributed by atoms with Crippen LogP contribution in [0.25, 0.3) is 0 Å². The second-order valence-corrected chi connectivity index (χ2v) is 7.95. The fourth-order valence-corrected chi connectivity index (χ4v) is 4.43. The molecule has 6 heteroatoms. The highest BCUT2D eigenvalue weighted by atomic mass is 32.2. The number of esters is 1. The Hall–Kier alpha value is -3.04. The largest absolute Gasteiger partial charge is 0.462 e. The molecule has 0 saturated carbocycles. The summed E-state index contributed by atoms with van der Waals surface area (Å²) in [6, 6.07) is 17.3. The topological polar surface area (TPSA) is 70.4 Å². The minimum Gasteiger partial charge on any atom is -0.462 e. The zero-order valence-corrected chi connectivity index (χ0v) is 17.5. The van der Waals surface area contributed by atoms with Crippen LogP contribution in [0.2, 0.25) is 0 Å². The summed E-state index contributed by atoms with van der Waals surface area (Å²) in [5.74, 6) is -0.854. The first-order valence-electron chi connectivity index (χ1n) is 9.39. The number of hydrogen-bond acceptors (Lipinski definition) is 5. The lowest BCUT2D eigenvalue weighted by molar-refractivity contribution is -0.138. The molecule has 3 rings (SSSR count). The number of carbonyl (C=O) groups excluding carboxylic acids is 2. The average molecular weight is 407 g/mol. The molecule has 1 aliphatic rings. The Morgan fingerprint density at radius 2 is 1.86 bits per heavy atom. The molecule has 1 heterocycles. The van der Waals surface area contributed by atoms with Crippen molar-refractivity contribution in [3.8, 4) is 6.07 Å². The normalized spacial score (nSPS) is 17.8. The number of hydrogen-bond donors (Lipinski definition) is 0. The molecule has 0 radical (unpaired) electrons. The molecule has 0 aliphatic carbocycles. The lowest BCUT2D eigenvalue weighted by atomic mass is 10.0. The van der Waals surface area contributed by atoms with Gasteiger partial charge in [-0.3, -0.25) is 9.69 Å². The fourth-order valence-electron chi connectivity index (χ4n) is 3.14. The standard InChI is InChI=1S/C23H22N2O3S/c1-4-28-23(27)19(14-24)22-25(18-11-9-15(2)10-12-18)21(26)20(29-22)13-17-8-6-5-7-16(17)3/h5-12,20H,4,13H2,1-3H3. The second kappa shape index (κ2) is 8.97. The van der Waals surface area contributed by atoms with Gasteiger partial charge in [-0.2, -0.15) is 5.26 Å². The van der Waals surface area contributed by atoms with E-state index in [1.54, 1.807) is 6.92 Å². The van der Waals surface area contributed by atoms with Crippen LogP contribution in [0.15, 0.2) is 59.1 Å². The number of thioether (sulfide) groups is 1. The van der Waals surface area contributed by atoms with E-state index >= 15 is 0 Å². The van der Waals surface area contributed by atoms with Crippen molar-refractivity contribution in [2.45, 2.75) is 32.4 Å². The monoisotopic (exact) mass is 406 g/mol. The smallest absolute Gasteiger partial charge is 0.351 e. The van der Waals surface area contributed by atoms with E-state index in [0.29, 0.717) is 17.1 Å². The zero-order valence-electron chi connectivity index (χ0n) is 16.6. The van der Waals surface area contributed by atoms with Crippen molar-refractivity contribution >= 4 is 29.3 Å². The first-order chi connectivity index (χ1) is 14.0. The summed E-state index contributed by atoms with van der Waals surface area (Å²) in [6.07, 6.45) is 0.517.